The first kappa shape index (κ1) is 15.0. The van der Waals surface area contributed by atoms with Gasteiger partial charge in [-0.1, -0.05) is 30.3 Å². The highest BCUT2D eigenvalue weighted by Gasteiger charge is 1.98. The summed E-state index contributed by atoms with van der Waals surface area (Å²) in [7, 11) is 1.62. The molecule has 1 aromatic carbocycles. The van der Waals surface area contributed by atoms with Crippen molar-refractivity contribution in [1.29, 1.82) is 0 Å². The quantitative estimate of drug-likeness (QED) is 0.579. The molecular formula is C15H20N2O2. The van der Waals surface area contributed by atoms with Crippen LogP contribution in [0.3, 0.4) is 0 Å². The fraction of sp³-hybridized carbons (Fsp3) is 0.333. The van der Waals surface area contributed by atoms with Gasteiger partial charge in [0.05, 0.1) is 0 Å². The molecule has 2 amide bonds. The van der Waals surface area contributed by atoms with Crippen LogP contribution in [0, 0.1) is 0 Å². The Bertz CT molecular complexity index is 427. The van der Waals surface area contributed by atoms with E-state index in [1.807, 2.05) is 30.3 Å². The summed E-state index contributed by atoms with van der Waals surface area (Å²) < 4.78 is 0. The summed E-state index contributed by atoms with van der Waals surface area (Å²) >= 11 is 0. The van der Waals surface area contributed by atoms with Crippen LogP contribution < -0.4 is 10.6 Å². The van der Waals surface area contributed by atoms with Gasteiger partial charge in [0.1, 0.15) is 0 Å². The second kappa shape index (κ2) is 8.91. The van der Waals surface area contributed by atoms with Crippen molar-refractivity contribution >= 4 is 17.9 Å². The number of rotatable bonds is 7. The largest absolute Gasteiger partial charge is 0.359 e. The first-order valence-electron chi connectivity index (χ1n) is 6.44. The number of amides is 2. The van der Waals surface area contributed by atoms with Crippen molar-refractivity contribution < 1.29 is 9.59 Å². The lowest BCUT2D eigenvalue weighted by Gasteiger charge is -2.02. The zero-order valence-electron chi connectivity index (χ0n) is 11.2. The summed E-state index contributed by atoms with van der Waals surface area (Å²) in [5.74, 6) is -0.0703. The number of benzene rings is 1. The van der Waals surface area contributed by atoms with Gasteiger partial charge in [-0.05, 0) is 24.5 Å². The summed E-state index contributed by atoms with van der Waals surface area (Å²) in [6.45, 7) is 0.592. The van der Waals surface area contributed by atoms with E-state index in [0.29, 0.717) is 13.0 Å². The third kappa shape index (κ3) is 7.03. The Balaban J connectivity index is 2.15. The summed E-state index contributed by atoms with van der Waals surface area (Å²) in [5.41, 5.74) is 0.997. The Morgan fingerprint density at radius 1 is 1.16 bits per heavy atom. The number of unbranched alkanes of at least 4 members (excludes halogenated alkanes) is 1. The SMILES string of the molecule is CNC(=O)CCCCNC(=O)/C=C/c1ccccc1. The van der Waals surface area contributed by atoms with Gasteiger partial charge >= 0.3 is 0 Å². The maximum atomic E-state index is 11.5. The minimum atomic E-state index is -0.108. The molecule has 0 heterocycles. The van der Waals surface area contributed by atoms with Crippen molar-refractivity contribution in [3.05, 3.63) is 42.0 Å². The highest BCUT2D eigenvalue weighted by atomic mass is 16.2. The lowest BCUT2D eigenvalue weighted by atomic mass is 10.2. The van der Waals surface area contributed by atoms with Crippen molar-refractivity contribution in [2.45, 2.75) is 19.3 Å². The molecule has 0 aliphatic heterocycles. The van der Waals surface area contributed by atoms with Gasteiger partial charge < -0.3 is 10.6 Å². The van der Waals surface area contributed by atoms with Crippen LogP contribution in [0.4, 0.5) is 0 Å². The monoisotopic (exact) mass is 260 g/mol. The summed E-state index contributed by atoms with van der Waals surface area (Å²) in [5, 5.41) is 5.35. The van der Waals surface area contributed by atoms with E-state index in [0.717, 1.165) is 18.4 Å². The predicted octanol–water partition coefficient (Wildman–Crippen LogP) is 1.73. The second-order valence-electron chi connectivity index (χ2n) is 4.17. The highest BCUT2D eigenvalue weighted by Crippen LogP contribution is 2.00. The minimum Gasteiger partial charge on any atom is -0.359 e. The Labute approximate surface area is 113 Å². The number of nitrogens with one attached hydrogen (secondary N) is 2. The third-order valence-corrected chi connectivity index (χ3v) is 2.64. The van der Waals surface area contributed by atoms with Crippen LogP contribution in [0.2, 0.25) is 0 Å². The van der Waals surface area contributed by atoms with Gasteiger partial charge in [-0.2, -0.15) is 0 Å². The van der Waals surface area contributed by atoms with Gasteiger partial charge in [-0.25, -0.2) is 0 Å². The van der Waals surface area contributed by atoms with Crippen LogP contribution in [0.25, 0.3) is 6.08 Å². The zero-order valence-corrected chi connectivity index (χ0v) is 11.2. The maximum absolute atomic E-state index is 11.5. The smallest absolute Gasteiger partial charge is 0.243 e. The molecule has 0 aromatic heterocycles. The molecule has 1 aromatic rings. The van der Waals surface area contributed by atoms with Crippen LogP contribution >= 0.6 is 0 Å². The number of carbonyl (C=O) groups excluding carboxylic acids is 2. The average Bonchev–Trinajstić information content (AvgIpc) is 2.45. The van der Waals surface area contributed by atoms with E-state index >= 15 is 0 Å². The molecule has 0 radical (unpaired) electrons. The Morgan fingerprint density at radius 2 is 1.89 bits per heavy atom. The van der Waals surface area contributed by atoms with Crippen LogP contribution in [0.15, 0.2) is 36.4 Å². The van der Waals surface area contributed by atoms with Crippen molar-refractivity contribution in [2.75, 3.05) is 13.6 Å². The van der Waals surface area contributed by atoms with Gasteiger partial charge in [0.25, 0.3) is 0 Å². The van der Waals surface area contributed by atoms with Gasteiger partial charge in [0.15, 0.2) is 0 Å². The molecule has 0 spiro atoms. The first-order chi connectivity index (χ1) is 9.22. The van der Waals surface area contributed by atoms with Crippen LogP contribution in [-0.2, 0) is 9.59 Å². The minimum absolute atomic E-state index is 0.0373. The van der Waals surface area contributed by atoms with E-state index in [1.54, 1.807) is 13.1 Å². The molecule has 4 nitrogen and oxygen atoms in total. The number of carbonyl (C=O) groups is 2. The van der Waals surface area contributed by atoms with Crippen LogP contribution in [0.5, 0.6) is 0 Å². The number of hydrogen-bond acceptors (Lipinski definition) is 2. The van der Waals surface area contributed by atoms with E-state index in [9.17, 15) is 9.59 Å². The fourth-order valence-electron chi connectivity index (χ4n) is 1.54. The molecule has 102 valence electrons. The van der Waals surface area contributed by atoms with Crippen LogP contribution in [-0.4, -0.2) is 25.4 Å². The van der Waals surface area contributed by atoms with E-state index in [4.69, 9.17) is 0 Å². The molecule has 2 N–H and O–H groups in total. The van der Waals surface area contributed by atoms with Crippen molar-refractivity contribution in [3.63, 3.8) is 0 Å². The summed E-state index contributed by atoms with van der Waals surface area (Å²) in [6, 6.07) is 9.66. The van der Waals surface area contributed by atoms with E-state index in [-0.39, 0.29) is 11.8 Å². The third-order valence-electron chi connectivity index (χ3n) is 2.64. The Hall–Kier alpha value is -2.10. The molecular weight excluding hydrogens is 240 g/mol. The molecule has 0 atom stereocenters. The van der Waals surface area contributed by atoms with Crippen LogP contribution in [0.1, 0.15) is 24.8 Å². The van der Waals surface area contributed by atoms with E-state index in [2.05, 4.69) is 10.6 Å². The van der Waals surface area contributed by atoms with Crippen molar-refractivity contribution in [3.8, 4) is 0 Å². The average molecular weight is 260 g/mol. The molecule has 0 saturated carbocycles. The Kier molecular flexibility index (Phi) is 7.02. The molecule has 19 heavy (non-hydrogen) atoms. The maximum Gasteiger partial charge on any atom is 0.243 e. The molecule has 0 fully saturated rings. The molecule has 0 bridgehead atoms. The summed E-state index contributed by atoms with van der Waals surface area (Å²) in [6.07, 6.45) is 5.39. The standard InChI is InChI=1S/C15H20N2O2/c1-16-14(18)9-5-6-12-17-15(19)11-10-13-7-3-2-4-8-13/h2-4,7-8,10-11H,5-6,9,12H2,1H3,(H,16,18)(H,17,19)/b11-10+. The van der Waals surface area contributed by atoms with Gasteiger partial charge in [0, 0.05) is 26.1 Å². The molecule has 0 aliphatic carbocycles. The van der Waals surface area contributed by atoms with Gasteiger partial charge in [-0.15, -0.1) is 0 Å². The predicted molar refractivity (Wildman–Crippen MR) is 76.4 cm³/mol. The molecule has 0 aliphatic rings. The first-order valence-corrected chi connectivity index (χ1v) is 6.44. The van der Waals surface area contributed by atoms with E-state index < -0.39 is 0 Å². The highest BCUT2D eigenvalue weighted by molar-refractivity contribution is 5.91. The van der Waals surface area contributed by atoms with Gasteiger partial charge in [-0.3, -0.25) is 9.59 Å². The zero-order chi connectivity index (χ0) is 13.9. The second-order valence-corrected chi connectivity index (χ2v) is 4.17. The molecule has 1 rings (SSSR count). The van der Waals surface area contributed by atoms with Gasteiger partial charge in [0.2, 0.25) is 11.8 Å². The lowest BCUT2D eigenvalue weighted by molar-refractivity contribution is -0.120. The normalized spacial score (nSPS) is 10.4. The number of hydrogen-bond donors (Lipinski definition) is 2. The Morgan fingerprint density at radius 3 is 2.58 bits per heavy atom. The molecule has 0 unspecified atom stereocenters. The fourth-order valence-corrected chi connectivity index (χ4v) is 1.54. The van der Waals surface area contributed by atoms with Crippen molar-refractivity contribution in [2.24, 2.45) is 0 Å². The lowest BCUT2D eigenvalue weighted by Crippen LogP contribution is -2.23. The topological polar surface area (TPSA) is 58.2 Å². The molecule has 4 heteroatoms. The summed E-state index contributed by atoms with van der Waals surface area (Å²) in [4.78, 5) is 22.5. The van der Waals surface area contributed by atoms with Crippen molar-refractivity contribution in [1.82, 2.24) is 10.6 Å². The van der Waals surface area contributed by atoms with E-state index in [1.165, 1.54) is 6.08 Å². The molecule has 0 saturated heterocycles.